The van der Waals surface area contributed by atoms with Crippen LogP contribution in [0.5, 0.6) is 5.75 Å². The molecule has 4 rings (SSSR count). The molecule has 8 heteroatoms. The summed E-state index contributed by atoms with van der Waals surface area (Å²) in [6, 6.07) is 20.1. The first kappa shape index (κ1) is 20.5. The van der Waals surface area contributed by atoms with Gasteiger partial charge in [0.15, 0.2) is 0 Å². The lowest BCUT2D eigenvalue weighted by Gasteiger charge is -2.11. The molecule has 0 fully saturated rings. The van der Waals surface area contributed by atoms with Crippen molar-refractivity contribution in [3.05, 3.63) is 94.5 Å². The maximum Gasteiger partial charge on any atom is 0.275 e. The lowest BCUT2D eigenvalue weighted by molar-refractivity contribution is 0.415. The van der Waals surface area contributed by atoms with Crippen LogP contribution in [0.4, 0.5) is 5.69 Å². The quantitative estimate of drug-likeness (QED) is 0.448. The molecule has 31 heavy (non-hydrogen) atoms. The molecule has 0 aliphatic heterocycles. The fourth-order valence-corrected chi connectivity index (χ4v) is 4.56. The number of hydrogen-bond donors (Lipinski definition) is 0. The molecule has 3 aromatic carbocycles. The lowest BCUT2D eigenvalue weighted by atomic mass is 10.2. The van der Waals surface area contributed by atoms with Crippen LogP contribution in [-0.2, 0) is 10.0 Å². The van der Waals surface area contributed by atoms with E-state index >= 15 is 0 Å². The third-order valence-corrected chi connectivity index (χ3v) is 6.53. The van der Waals surface area contributed by atoms with Crippen LogP contribution < -0.4 is 10.3 Å². The summed E-state index contributed by atoms with van der Waals surface area (Å²) in [5.74, 6) is 0.853. The van der Waals surface area contributed by atoms with Gasteiger partial charge in [0.1, 0.15) is 11.6 Å². The lowest BCUT2D eigenvalue weighted by Crippen LogP contribution is -2.30. The molecular formula is C23H19N3O4S. The largest absolute Gasteiger partial charge is 0.497 e. The number of fused-ring (bicyclic) bond motifs is 1. The van der Waals surface area contributed by atoms with Crippen LogP contribution in [0, 0.1) is 6.92 Å². The van der Waals surface area contributed by atoms with E-state index in [-0.39, 0.29) is 16.1 Å². The normalized spacial score (nSPS) is 11.8. The second-order valence-corrected chi connectivity index (χ2v) is 8.56. The molecule has 7 nitrogen and oxygen atoms in total. The van der Waals surface area contributed by atoms with Crippen LogP contribution in [-0.4, -0.2) is 30.7 Å². The van der Waals surface area contributed by atoms with E-state index in [1.54, 1.807) is 49.7 Å². The molecule has 1 heterocycles. The van der Waals surface area contributed by atoms with Gasteiger partial charge >= 0.3 is 0 Å². The second kappa shape index (κ2) is 8.16. The Labute approximate surface area is 179 Å². The van der Waals surface area contributed by atoms with Crippen molar-refractivity contribution in [2.24, 2.45) is 4.99 Å². The summed E-state index contributed by atoms with van der Waals surface area (Å²) < 4.78 is 32.2. The Morgan fingerprint density at radius 1 is 0.968 bits per heavy atom. The summed E-state index contributed by atoms with van der Waals surface area (Å²) in [4.78, 5) is 21.5. The summed E-state index contributed by atoms with van der Waals surface area (Å²) in [5.41, 5.74) is 1.29. The van der Waals surface area contributed by atoms with Crippen LogP contribution in [0.25, 0.3) is 10.9 Å². The first-order valence-corrected chi connectivity index (χ1v) is 10.9. The van der Waals surface area contributed by atoms with E-state index < -0.39 is 15.6 Å². The minimum atomic E-state index is -4.11. The van der Waals surface area contributed by atoms with Gasteiger partial charge in [-0.05, 0) is 73.2 Å². The number of aromatic nitrogens is 2. The van der Waals surface area contributed by atoms with Gasteiger partial charge in [0.25, 0.3) is 15.6 Å². The van der Waals surface area contributed by atoms with Gasteiger partial charge < -0.3 is 4.74 Å². The van der Waals surface area contributed by atoms with E-state index in [0.29, 0.717) is 11.2 Å². The fraction of sp³-hybridized carbons (Fsp3) is 0.0870. The molecule has 0 aliphatic carbocycles. The Bertz CT molecular complexity index is 1440. The molecule has 0 amide bonds. The van der Waals surface area contributed by atoms with Crippen LogP contribution >= 0.6 is 0 Å². The van der Waals surface area contributed by atoms with E-state index in [1.807, 2.05) is 24.3 Å². The van der Waals surface area contributed by atoms with Crippen molar-refractivity contribution < 1.29 is 13.2 Å². The SMILES string of the molecule is COc1ccc(C=Nc2ccc(S(=O)(=O)n3c(C)nc4ccccc4c3=O)cc2)cc1. The molecule has 156 valence electrons. The van der Waals surface area contributed by atoms with Gasteiger partial charge in [0.05, 0.1) is 28.6 Å². The second-order valence-electron chi connectivity index (χ2n) is 6.78. The predicted octanol–water partition coefficient (Wildman–Crippen LogP) is 3.70. The van der Waals surface area contributed by atoms with E-state index in [1.165, 1.54) is 19.1 Å². The predicted molar refractivity (Wildman–Crippen MR) is 120 cm³/mol. The number of ether oxygens (including phenoxy) is 1. The van der Waals surface area contributed by atoms with Crippen molar-refractivity contribution in [3.63, 3.8) is 0 Å². The van der Waals surface area contributed by atoms with E-state index in [2.05, 4.69) is 9.98 Å². The highest BCUT2D eigenvalue weighted by molar-refractivity contribution is 7.90. The van der Waals surface area contributed by atoms with Gasteiger partial charge in [-0.2, -0.15) is 3.97 Å². The van der Waals surface area contributed by atoms with Crippen molar-refractivity contribution in [2.45, 2.75) is 11.8 Å². The molecule has 0 radical (unpaired) electrons. The van der Waals surface area contributed by atoms with Gasteiger partial charge in [-0.1, -0.05) is 12.1 Å². The molecule has 0 aliphatic rings. The van der Waals surface area contributed by atoms with Crippen molar-refractivity contribution in [1.29, 1.82) is 0 Å². The molecule has 0 saturated heterocycles. The Kier molecular flexibility index (Phi) is 5.39. The van der Waals surface area contributed by atoms with E-state index in [0.717, 1.165) is 15.3 Å². The van der Waals surface area contributed by atoms with E-state index in [4.69, 9.17) is 4.74 Å². The minimum Gasteiger partial charge on any atom is -0.497 e. The van der Waals surface area contributed by atoms with Crippen LogP contribution in [0.2, 0.25) is 0 Å². The molecular weight excluding hydrogens is 414 g/mol. The zero-order valence-electron chi connectivity index (χ0n) is 16.9. The third-order valence-electron chi connectivity index (χ3n) is 4.75. The summed E-state index contributed by atoms with van der Waals surface area (Å²) >= 11 is 0. The molecule has 0 N–H and O–H groups in total. The Morgan fingerprint density at radius 2 is 1.65 bits per heavy atom. The molecule has 0 unspecified atom stereocenters. The molecule has 0 saturated carbocycles. The van der Waals surface area contributed by atoms with Crippen molar-refractivity contribution in [1.82, 2.24) is 8.96 Å². The van der Waals surface area contributed by atoms with E-state index in [9.17, 15) is 13.2 Å². The highest BCUT2D eigenvalue weighted by atomic mass is 32.2. The minimum absolute atomic E-state index is 0.0156. The molecule has 1 aromatic heterocycles. The monoisotopic (exact) mass is 433 g/mol. The van der Waals surface area contributed by atoms with Gasteiger partial charge in [-0.25, -0.2) is 13.4 Å². The summed E-state index contributed by atoms with van der Waals surface area (Å²) in [5, 5.41) is 0.248. The van der Waals surface area contributed by atoms with Gasteiger partial charge in [-0.3, -0.25) is 9.79 Å². The van der Waals surface area contributed by atoms with Gasteiger partial charge in [0.2, 0.25) is 0 Å². The van der Waals surface area contributed by atoms with Gasteiger partial charge in [0, 0.05) is 6.21 Å². The van der Waals surface area contributed by atoms with Crippen LogP contribution in [0.3, 0.4) is 0 Å². The van der Waals surface area contributed by atoms with Crippen LogP contribution in [0.15, 0.2) is 87.5 Å². The standard InChI is InChI=1S/C23H19N3O4S/c1-16-25-22-6-4-3-5-21(22)23(27)26(16)31(28,29)20-13-9-18(10-14-20)24-15-17-7-11-19(30-2)12-8-17/h3-15H,1-2H3. The number of benzene rings is 3. The molecule has 0 atom stereocenters. The summed E-state index contributed by atoms with van der Waals surface area (Å²) in [6.45, 7) is 1.50. The highest BCUT2D eigenvalue weighted by Gasteiger charge is 2.22. The van der Waals surface area contributed by atoms with Crippen molar-refractivity contribution >= 4 is 32.8 Å². The maximum absolute atomic E-state index is 13.1. The van der Waals surface area contributed by atoms with Crippen LogP contribution in [0.1, 0.15) is 11.4 Å². The number of aryl methyl sites for hydroxylation is 1. The first-order valence-electron chi connectivity index (χ1n) is 9.42. The Morgan fingerprint density at radius 3 is 2.32 bits per heavy atom. The number of para-hydroxylation sites is 1. The summed E-state index contributed by atoms with van der Waals surface area (Å²) in [6.07, 6.45) is 1.67. The van der Waals surface area contributed by atoms with Gasteiger partial charge in [-0.15, -0.1) is 0 Å². The number of aliphatic imine (C=N–C) groups is 1. The number of rotatable bonds is 5. The first-order chi connectivity index (χ1) is 14.9. The zero-order chi connectivity index (χ0) is 22.0. The molecule has 4 aromatic rings. The highest BCUT2D eigenvalue weighted by Crippen LogP contribution is 2.20. The molecule has 0 bridgehead atoms. The fourth-order valence-electron chi connectivity index (χ4n) is 3.16. The zero-order valence-corrected chi connectivity index (χ0v) is 17.7. The van der Waals surface area contributed by atoms with Crippen molar-refractivity contribution in [3.8, 4) is 5.75 Å². The average Bonchev–Trinajstić information content (AvgIpc) is 2.78. The third kappa shape index (κ3) is 3.97. The Hall–Kier alpha value is -3.78. The number of hydrogen-bond acceptors (Lipinski definition) is 6. The molecule has 0 spiro atoms. The number of nitrogens with zero attached hydrogens (tertiary/aromatic N) is 3. The number of methoxy groups -OCH3 is 1. The Balaban J connectivity index is 1.66. The smallest absolute Gasteiger partial charge is 0.275 e. The van der Waals surface area contributed by atoms with Crippen molar-refractivity contribution in [2.75, 3.05) is 7.11 Å². The topological polar surface area (TPSA) is 90.6 Å². The average molecular weight is 433 g/mol. The maximum atomic E-state index is 13.1. The summed E-state index contributed by atoms with van der Waals surface area (Å²) in [7, 11) is -2.51.